The first kappa shape index (κ1) is 28.4. The summed E-state index contributed by atoms with van der Waals surface area (Å²) in [6, 6.07) is 0. The van der Waals surface area contributed by atoms with Gasteiger partial charge in [-0.3, -0.25) is 4.79 Å². The first-order chi connectivity index (χ1) is 14.2. The molecule has 0 saturated carbocycles. The molecule has 0 radical (unpaired) electrons. The minimum atomic E-state index is -0.0939. The van der Waals surface area contributed by atoms with E-state index >= 15 is 0 Å². The van der Waals surface area contributed by atoms with Crippen molar-refractivity contribution >= 4 is 5.97 Å². The van der Waals surface area contributed by atoms with Gasteiger partial charge in [-0.15, -0.1) is 0 Å². The van der Waals surface area contributed by atoms with Gasteiger partial charge in [-0.1, -0.05) is 91.4 Å². The molecule has 0 aromatic carbocycles. The van der Waals surface area contributed by atoms with Crippen molar-refractivity contribution in [3.05, 3.63) is 0 Å². The molecule has 0 aliphatic rings. The molecule has 0 aromatic rings. The summed E-state index contributed by atoms with van der Waals surface area (Å²) in [4.78, 5) is 11.7. The highest BCUT2D eigenvalue weighted by atomic mass is 16.5. The summed E-state index contributed by atoms with van der Waals surface area (Å²) in [5.74, 6) is 0.714. The van der Waals surface area contributed by atoms with Crippen LogP contribution in [0.3, 0.4) is 0 Å². The highest BCUT2D eigenvalue weighted by Crippen LogP contribution is 2.10. The quantitative estimate of drug-likeness (QED) is 0.132. The molecule has 0 saturated heterocycles. The zero-order valence-corrected chi connectivity index (χ0v) is 19.9. The SMILES string of the molecule is CCCCCCCCCOCCOCCCC(=O)OCCCCCCCC(C)C. The highest BCUT2D eigenvalue weighted by molar-refractivity contribution is 5.69. The molecule has 0 aliphatic heterocycles. The number of carbonyl (C=O) groups excluding carboxylic acids is 1. The fourth-order valence-corrected chi connectivity index (χ4v) is 3.24. The maximum atomic E-state index is 11.7. The van der Waals surface area contributed by atoms with E-state index in [2.05, 4.69) is 20.8 Å². The summed E-state index contributed by atoms with van der Waals surface area (Å²) in [6.07, 6.45) is 17.7. The van der Waals surface area contributed by atoms with Crippen molar-refractivity contribution in [1.82, 2.24) is 0 Å². The van der Waals surface area contributed by atoms with Gasteiger partial charge in [0, 0.05) is 19.6 Å². The standard InChI is InChI=1S/C25H50O4/c1-4-5-6-7-8-11-14-19-27-22-23-28-20-16-18-25(26)29-21-15-12-9-10-13-17-24(2)3/h24H,4-23H2,1-3H3. The van der Waals surface area contributed by atoms with Crippen LogP contribution in [-0.2, 0) is 19.0 Å². The lowest BCUT2D eigenvalue weighted by molar-refractivity contribution is -0.144. The topological polar surface area (TPSA) is 44.8 Å². The average Bonchev–Trinajstić information content (AvgIpc) is 2.70. The van der Waals surface area contributed by atoms with Crippen LogP contribution in [0.5, 0.6) is 0 Å². The molecule has 4 nitrogen and oxygen atoms in total. The Morgan fingerprint density at radius 2 is 1.14 bits per heavy atom. The first-order valence-electron chi connectivity index (χ1n) is 12.5. The molecule has 0 fully saturated rings. The van der Waals surface area contributed by atoms with Crippen molar-refractivity contribution in [2.75, 3.05) is 33.0 Å². The lowest BCUT2D eigenvalue weighted by Gasteiger charge is -2.07. The van der Waals surface area contributed by atoms with E-state index in [9.17, 15) is 4.79 Å². The molecule has 0 rings (SSSR count). The van der Waals surface area contributed by atoms with E-state index in [-0.39, 0.29) is 5.97 Å². The van der Waals surface area contributed by atoms with E-state index < -0.39 is 0 Å². The summed E-state index contributed by atoms with van der Waals surface area (Å²) in [5.41, 5.74) is 0. The lowest BCUT2D eigenvalue weighted by atomic mass is 10.0. The van der Waals surface area contributed by atoms with E-state index in [4.69, 9.17) is 14.2 Å². The zero-order chi connectivity index (χ0) is 21.4. The Hall–Kier alpha value is -0.610. The van der Waals surface area contributed by atoms with Crippen LogP contribution < -0.4 is 0 Å². The third-order valence-corrected chi connectivity index (χ3v) is 5.12. The van der Waals surface area contributed by atoms with Gasteiger partial charge in [-0.2, -0.15) is 0 Å². The van der Waals surface area contributed by atoms with Crippen molar-refractivity contribution in [1.29, 1.82) is 0 Å². The molecule has 0 spiro atoms. The van der Waals surface area contributed by atoms with E-state index in [0.29, 0.717) is 32.8 Å². The Labute approximate surface area is 181 Å². The van der Waals surface area contributed by atoms with Gasteiger partial charge in [-0.05, 0) is 25.2 Å². The molecule has 0 N–H and O–H groups in total. The molecular formula is C25H50O4. The fraction of sp³-hybridized carbons (Fsp3) is 0.960. The summed E-state index contributed by atoms with van der Waals surface area (Å²) in [6.45, 7) is 10.1. The minimum absolute atomic E-state index is 0.0939. The fourth-order valence-electron chi connectivity index (χ4n) is 3.24. The zero-order valence-electron chi connectivity index (χ0n) is 19.9. The largest absolute Gasteiger partial charge is 0.466 e. The van der Waals surface area contributed by atoms with Crippen LogP contribution in [0.25, 0.3) is 0 Å². The van der Waals surface area contributed by atoms with Crippen LogP contribution in [0.15, 0.2) is 0 Å². The van der Waals surface area contributed by atoms with Crippen molar-refractivity contribution in [3.63, 3.8) is 0 Å². The monoisotopic (exact) mass is 414 g/mol. The van der Waals surface area contributed by atoms with Crippen LogP contribution in [0, 0.1) is 5.92 Å². The normalized spacial score (nSPS) is 11.3. The third kappa shape index (κ3) is 25.4. The van der Waals surface area contributed by atoms with Crippen LogP contribution in [-0.4, -0.2) is 39.0 Å². The Bertz CT molecular complexity index is 331. The van der Waals surface area contributed by atoms with Crippen molar-refractivity contribution < 1.29 is 19.0 Å². The van der Waals surface area contributed by atoms with Crippen molar-refractivity contribution in [2.24, 2.45) is 5.92 Å². The van der Waals surface area contributed by atoms with E-state index in [1.54, 1.807) is 0 Å². The number of esters is 1. The van der Waals surface area contributed by atoms with Crippen LogP contribution >= 0.6 is 0 Å². The molecule has 0 aromatic heterocycles. The molecule has 0 heterocycles. The highest BCUT2D eigenvalue weighted by Gasteiger charge is 2.03. The van der Waals surface area contributed by atoms with Gasteiger partial charge in [0.05, 0.1) is 19.8 Å². The number of unbranched alkanes of at least 4 members (excludes halogenated alkanes) is 10. The number of hydrogen-bond acceptors (Lipinski definition) is 4. The molecular weight excluding hydrogens is 364 g/mol. The van der Waals surface area contributed by atoms with Crippen LogP contribution in [0.4, 0.5) is 0 Å². The molecule has 174 valence electrons. The number of ether oxygens (including phenoxy) is 3. The average molecular weight is 415 g/mol. The number of hydrogen-bond donors (Lipinski definition) is 0. The Morgan fingerprint density at radius 1 is 0.621 bits per heavy atom. The molecule has 0 unspecified atom stereocenters. The summed E-state index contributed by atoms with van der Waals surface area (Å²) in [7, 11) is 0. The van der Waals surface area contributed by atoms with E-state index in [0.717, 1.165) is 38.2 Å². The Balaban J connectivity index is 3.14. The van der Waals surface area contributed by atoms with Crippen molar-refractivity contribution in [2.45, 2.75) is 117 Å². The van der Waals surface area contributed by atoms with Gasteiger partial charge in [0.2, 0.25) is 0 Å². The molecule has 0 aliphatic carbocycles. The summed E-state index contributed by atoms with van der Waals surface area (Å²) < 4.78 is 16.4. The van der Waals surface area contributed by atoms with Crippen LogP contribution in [0.1, 0.15) is 117 Å². The second kappa shape index (κ2) is 23.7. The maximum absolute atomic E-state index is 11.7. The number of carbonyl (C=O) groups is 1. The van der Waals surface area contributed by atoms with Gasteiger partial charge in [-0.25, -0.2) is 0 Å². The Morgan fingerprint density at radius 3 is 1.76 bits per heavy atom. The van der Waals surface area contributed by atoms with Gasteiger partial charge in [0.15, 0.2) is 0 Å². The molecule has 29 heavy (non-hydrogen) atoms. The Kier molecular flexibility index (Phi) is 23.2. The molecule has 0 bridgehead atoms. The predicted octanol–water partition coefficient (Wildman–Crippen LogP) is 7.09. The summed E-state index contributed by atoms with van der Waals surface area (Å²) in [5, 5.41) is 0. The molecule has 0 amide bonds. The lowest BCUT2D eigenvalue weighted by Crippen LogP contribution is -2.09. The smallest absolute Gasteiger partial charge is 0.305 e. The van der Waals surface area contributed by atoms with Gasteiger partial charge >= 0.3 is 5.97 Å². The second-order valence-corrected chi connectivity index (χ2v) is 8.62. The molecule has 4 heteroatoms. The number of rotatable bonds is 23. The third-order valence-electron chi connectivity index (χ3n) is 5.12. The molecule has 0 atom stereocenters. The first-order valence-corrected chi connectivity index (χ1v) is 12.5. The van der Waals surface area contributed by atoms with Crippen molar-refractivity contribution in [3.8, 4) is 0 Å². The summed E-state index contributed by atoms with van der Waals surface area (Å²) >= 11 is 0. The van der Waals surface area contributed by atoms with Gasteiger partial charge in [0.25, 0.3) is 0 Å². The minimum Gasteiger partial charge on any atom is -0.466 e. The van der Waals surface area contributed by atoms with E-state index in [1.807, 2.05) is 0 Å². The second-order valence-electron chi connectivity index (χ2n) is 8.62. The van der Waals surface area contributed by atoms with Gasteiger partial charge in [0.1, 0.15) is 0 Å². The predicted molar refractivity (Wildman–Crippen MR) is 122 cm³/mol. The maximum Gasteiger partial charge on any atom is 0.305 e. The van der Waals surface area contributed by atoms with Crippen LogP contribution in [0.2, 0.25) is 0 Å². The van der Waals surface area contributed by atoms with E-state index in [1.165, 1.54) is 64.2 Å². The van der Waals surface area contributed by atoms with Gasteiger partial charge < -0.3 is 14.2 Å².